The predicted molar refractivity (Wildman–Crippen MR) is 55.6 cm³/mol. The summed E-state index contributed by atoms with van der Waals surface area (Å²) < 4.78 is 0. The fraction of sp³-hybridized carbons (Fsp3) is 0.917. The molecular formula is C12H22O. The zero-order valence-corrected chi connectivity index (χ0v) is 9.61. The van der Waals surface area contributed by atoms with Gasteiger partial charge in [0.25, 0.3) is 0 Å². The molecule has 0 N–H and O–H groups in total. The van der Waals surface area contributed by atoms with E-state index in [0.717, 1.165) is 19.3 Å². The third kappa shape index (κ3) is 1.33. The van der Waals surface area contributed by atoms with Crippen molar-refractivity contribution in [3.63, 3.8) is 0 Å². The second-order valence-corrected chi connectivity index (χ2v) is 5.27. The summed E-state index contributed by atoms with van der Waals surface area (Å²) in [5, 5.41) is 0. The lowest BCUT2D eigenvalue weighted by molar-refractivity contribution is -0.143. The molecule has 1 nitrogen and oxygen atoms in total. The molecule has 0 heterocycles. The minimum absolute atomic E-state index is 0.0926. The van der Waals surface area contributed by atoms with E-state index in [1.54, 1.807) is 0 Å². The van der Waals surface area contributed by atoms with Crippen LogP contribution in [0.5, 0.6) is 0 Å². The number of hydrogen-bond donors (Lipinski definition) is 0. The van der Waals surface area contributed by atoms with Crippen molar-refractivity contribution in [1.82, 2.24) is 0 Å². The van der Waals surface area contributed by atoms with Gasteiger partial charge in [-0.05, 0) is 24.2 Å². The summed E-state index contributed by atoms with van der Waals surface area (Å²) >= 11 is 0. The zero-order chi connectivity index (χ0) is 10.3. The number of Topliss-reactive ketones (excluding diaryl/α,β-unsaturated/α-hetero) is 1. The number of hydrogen-bond acceptors (Lipinski definition) is 1. The maximum atomic E-state index is 11.9. The molecule has 0 aromatic carbocycles. The standard InChI is InChI=1S/C12H22O/c1-6-12(5)10(13)8-7-9(2)11(12,3)4/h9H,6-8H2,1-5H3. The topological polar surface area (TPSA) is 17.1 Å². The van der Waals surface area contributed by atoms with Crippen LogP contribution in [0.4, 0.5) is 0 Å². The van der Waals surface area contributed by atoms with Gasteiger partial charge in [0.2, 0.25) is 0 Å². The van der Waals surface area contributed by atoms with Crippen molar-refractivity contribution in [2.75, 3.05) is 0 Å². The van der Waals surface area contributed by atoms with E-state index in [4.69, 9.17) is 0 Å². The van der Waals surface area contributed by atoms with Crippen molar-refractivity contribution in [3.05, 3.63) is 0 Å². The molecule has 0 aromatic rings. The van der Waals surface area contributed by atoms with Crippen LogP contribution in [0.2, 0.25) is 0 Å². The molecule has 0 radical (unpaired) electrons. The fourth-order valence-corrected chi connectivity index (χ4v) is 2.54. The van der Waals surface area contributed by atoms with Gasteiger partial charge in [0.1, 0.15) is 5.78 Å². The molecule has 2 unspecified atom stereocenters. The lowest BCUT2D eigenvalue weighted by Gasteiger charge is -2.50. The maximum absolute atomic E-state index is 11.9. The largest absolute Gasteiger partial charge is 0.299 e. The molecule has 0 saturated heterocycles. The van der Waals surface area contributed by atoms with Crippen LogP contribution >= 0.6 is 0 Å². The highest BCUT2D eigenvalue weighted by Gasteiger charge is 2.50. The monoisotopic (exact) mass is 182 g/mol. The first-order chi connectivity index (χ1) is 5.86. The first-order valence-corrected chi connectivity index (χ1v) is 5.39. The Labute approximate surface area is 81.9 Å². The second kappa shape index (κ2) is 3.11. The fourth-order valence-electron chi connectivity index (χ4n) is 2.54. The third-order valence-electron chi connectivity index (χ3n) is 4.78. The normalized spacial score (nSPS) is 39.2. The van der Waals surface area contributed by atoms with Crippen molar-refractivity contribution in [1.29, 1.82) is 0 Å². The number of carbonyl (C=O) groups excluding carboxylic acids is 1. The molecular weight excluding hydrogens is 160 g/mol. The van der Waals surface area contributed by atoms with Crippen LogP contribution in [0, 0.1) is 16.7 Å². The van der Waals surface area contributed by atoms with Crippen molar-refractivity contribution >= 4 is 5.78 Å². The molecule has 0 bridgehead atoms. The highest BCUT2D eigenvalue weighted by atomic mass is 16.1. The smallest absolute Gasteiger partial charge is 0.139 e. The molecule has 1 saturated carbocycles. The summed E-state index contributed by atoms with van der Waals surface area (Å²) in [7, 11) is 0. The maximum Gasteiger partial charge on any atom is 0.139 e. The summed E-state index contributed by atoms with van der Waals surface area (Å²) in [6, 6.07) is 0. The average molecular weight is 182 g/mol. The van der Waals surface area contributed by atoms with E-state index in [1.807, 2.05) is 0 Å². The lowest BCUT2D eigenvalue weighted by atomic mass is 9.53. The van der Waals surface area contributed by atoms with Gasteiger partial charge in [-0.2, -0.15) is 0 Å². The SMILES string of the molecule is CCC1(C)C(=O)CCC(C)C1(C)C. The van der Waals surface area contributed by atoms with E-state index >= 15 is 0 Å². The minimum Gasteiger partial charge on any atom is -0.299 e. The van der Waals surface area contributed by atoms with Crippen LogP contribution in [-0.4, -0.2) is 5.78 Å². The molecule has 0 aliphatic heterocycles. The van der Waals surface area contributed by atoms with Crippen LogP contribution in [-0.2, 0) is 4.79 Å². The lowest BCUT2D eigenvalue weighted by Crippen LogP contribution is -2.49. The molecule has 0 aromatic heterocycles. The molecule has 2 atom stereocenters. The summed E-state index contributed by atoms with van der Waals surface area (Å²) in [5.41, 5.74) is 0.0712. The van der Waals surface area contributed by atoms with Gasteiger partial charge >= 0.3 is 0 Å². The van der Waals surface area contributed by atoms with E-state index in [2.05, 4.69) is 34.6 Å². The first-order valence-electron chi connectivity index (χ1n) is 5.39. The van der Waals surface area contributed by atoms with Crippen LogP contribution in [0.3, 0.4) is 0 Å². The van der Waals surface area contributed by atoms with Gasteiger partial charge in [0.15, 0.2) is 0 Å². The van der Waals surface area contributed by atoms with E-state index in [9.17, 15) is 4.79 Å². The van der Waals surface area contributed by atoms with Crippen LogP contribution in [0.25, 0.3) is 0 Å². The van der Waals surface area contributed by atoms with Gasteiger partial charge in [-0.3, -0.25) is 4.79 Å². The van der Waals surface area contributed by atoms with E-state index in [0.29, 0.717) is 11.7 Å². The van der Waals surface area contributed by atoms with Gasteiger partial charge in [0.05, 0.1) is 0 Å². The quantitative estimate of drug-likeness (QED) is 0.607. The first kappa shape index (κ1) is 10.7. The van der Waals surface area contributed by atoms with E-state index in [-0.39, 0.29) is 10.8 Å². The van der Waals surface area contributed by atoms with Gasteiger partial charge in [-0.25, -0.2) is 0 Å². The van der Waals surface area contributed by atoms with Crippen molar-refractivity contribution in [3.8, 4) is 0 Å². The summed E-state index contributed by atoms with van der Waals surface area (Å²) in [6.07, 6.45) is 2.83. The minimum atomic E-state index is -0.0926. The van der Waals surface area contributed by atoms with Crippen molar-refractivity contribution in [2.24, 2.45) is 16.7 Å². The number of ketones is 1. The predicted octanol–water partition coefficient (Wildman–Crippen LogP) is 3.43. The van der Waals surface area contributed by atoms with E-state index < -0.39 is 0 Å². The average Bonchev–Trinajstić information content (AvgIpc) is 2.09. The van der Waals surface area contributed by atoms with Crippen LogP contribution in [0.1, 0.15) is 53.9 Å². The summed E-state index contributed by atoms with van der Waals surface area (Å²) in [4.78, 5) is 11.9. The Kier molecular flexibility index (Phi) is 2.57. The Morgan fingerprint density at radius 3 is 2.31 bits per heavy atom. The number of carbonyl (C=O) groups is 1. The highest BCUT2D eigenvalue weighted by molar-refractivity contribution is 5.86. The van der Waals surface area contributed by atoms with Crippen molar-refractivity contribution < 1.29 is 4.79 Å². The summed E-state index contributed by atoms with van der Waals surface area (Å²) in [5.74, 6) is 1.13. The molecule has 13 heavy (non-hydrogen) atoms. The molecule has 1 fully saturated rings. The molecule has 1 aliphatic carbocycles. The Hall–Kier alpha value is -0.330. The highest BCUT2D eigenvalue weighted by Crippen LogP contribution is 2.52. The zero-order valence-electron chi connectivity index (χ0n) is 9.61. The van der Waals surface area contributed by atoms with E-state index in [1.165, 1.54) is 0 Å². The van der Waals surface area contributed by atoms with Gasteiger partial charge in [-0.1, -0.05) is 34.6 Å². The summed E-state index contributed by atoms with van der Waals surface area (Å²) in [6.45, 7) is 11.1. The Morgan fingerprint density at radius 1 is 1.38 bits per heavy atom. The molecule has 1 heteroatoms. The Balaban J connectivity index is 3.05. The Bertz CT molecular complexity index is 217. The molecule has 0 amide bonds. The van der Waals surface area contributed by atoms with Crippen molar-refractivity contribution in [2.45, 2.75) is 53.9 Å². The molecule has 1 aliphatic rings. The Morgan fingerprint density at radius 2 is 1.92 bits per heavy atom. The van der Waals surface area contributed by atoms with Crippen LogP contribution in [0.15, 0.2) is 0 Å². The van der Waals surface area contributed by atoms with Crippen LogP contribution < -0.4 is 0 Å². The van der Waals surface area contributed by atoms with Gasteiger partial charge in [0, 0.05) is 11.8 Å². The van der Waals surface area contributed by atoms with Gasteiger partial charge < -0.3 is 0 Å². The molecule has 1 rings (SSSR count). The molecule has 76 valence electrons. The second-order valence-electron chi connectivity index (χ2n) is 5.27. The molecule has 0 spiro atoms. The number of rotatable bonds is 1. The third-order valence-corrected chi connectivity index (χ3v) is 4.78. The van der Waals surface area contributed by atoms with Gasteiger partial charge in [-0.15, -0.1) is 0 Å².